The van der Waals surface area contributed by atoms with Crippen LogP contribution in [0.25, 0.3) is 11.0 Å². The van der Waals surface area contributed by atoms with E-state index in [-0.39, 0.29) is 56.4 Å². The molecule has 8 nitrogen and oxygen atoms in total. The van der Waals surface area contributed by atoms with Crippen molar-refractivity contribution in [2.75, 3.05) is 6.54 Å². The number of hydrogen-bond donors (Lipinski definition) is 0. The highest BCUT2D eigenvalue weighted by molar-refractivity contribution is 9.10. The number of benzene rings is 3. The lowest BCUT2D eigenvalue weighted by molar-refractivity contribution is 0.0635. The summed E-state index contributed by atoms with van der Waals surface area (Å²) >= 11 is 3.37. The average molecular weight is 562 g/mol. The van der Waals surface area contributed by atoms with Crippen LogP contribution in [0.15, 0.2) is 80.6 Å². The van der Waals surface area contributed by atoms with Crippen LogP contribution >= 0.6 is 15.9 Å². The first-order valence-corrected chi connectivity index (χ1v) is 12.2. The molecule has 2 amide bonds. The molecule has 5 rings (SSSR count). The van der Waals surface area contributed by atoms with Gasteiger partial charge in [-0.3, -0.25) is 19.3 Å². The molecule has 0 fully saturated rings. The quantitative estimate of drug-likeness (QED) is 0.166. The fourth-order valence-corrected chi connectivity index (χ4v) is 4.35. The van der Waals surface area contributed by atoms with E-state index in [1.54, 1.807) is 18.2 Å². The summed E-state index contributed by atoms with van der Waals surface area (Å²) < 4.78 is 17.4. The van der Waals surface area contributed by atoms with Gasteiger partial charge < -0.3 is 13.9 Å². The van der Waals surface area contributed by atoms with E-state index in [0.29, 0.717) is 16.8 Å². The number of amides is 2. The number of rotatable bonds is 6. The highest BCUT2D eigenvalue weighted by Crippen LogP contribution is 2.30. The van der Waals surface area contributed by atoms with Crippen LogP contribution in [0.4, 0.5) is 0 Å². The van der Waals surface area contributed by atoms with Gasteiger partial charge in [-0.25, -0.2) is 4.79 Å². The molecule has 0 radical (unpaired) electrons. The Labute approximate surface area is 219 Å². The Morgan fingerprint density at radius 3 is 2.46 bits per heavy atom. The van der Waals surface area contributed by atoms with E-state index in [0.717, 1.165) is 0 Å². The van der Waals surface area contributed by atoms with E-state index in [9.17, 15) is 19.2 Å². The minimum Gasteiger partial charge on any atom is -0.460 e. The largest absolute Gasteiger partial charge is 0.460 e. The molecular formula is C28H20BrNO7. The SMILES string of the molecule is CC(C)CN1C(=O)c2ccc(C(=O)Oc3ccc4c(=O)c(Oc5ccccc5Br)coc4c3)cc2C1=O. The van der Waals surface area contributed by atoms with Crippen molar-refractivity contribution in [1.82, 2.24) is 4.90 Å². The van der Waals surface area contributed by atoms with Gasteiger partial charge in [0.15, 0.2) is 0 Å². The number of esters is 1. The molecule has 0 aliphatic carbocycles. The van der Waals surface area contributed by atoms with Crippen molar-refractivity contribution in [3.05, 3.63) is 98.3 Å². The third-order valence-corrected chi connectivity index (χ3v) is 6.39. The third-order valence-electron chi connectivity index (χ3n) is 5.74. The Kier molecular flexibility index (Phi) is 6.39. The highest BCUT2D eigenvalue weighted by Gasteiger charge is 2.36. The first-order valence-electron chi connectivity index (χ1n) is 11.4. The predicted octanol–water partition coefficient (Wildman–Crippen LogP) is 5.82. The van der Waals surface area contributed by atoms with Crippen LogP contribution in [0.1, 0.15) is 44.9 Å². The van der Waals surface area contributed by atoms with Crippen molar-refractivity contribution < 1.29 is 28.3 Å². The molecular weight excluding hydrogens is 542 g/mol. The van der Waals surface area contributed by atoms with Crippen molar-refractivity contribution in [3.63, 3.8) is 0 Å². The smallest absolute Gasteiger partial charge is 0.343 e. The Bertz CT molecular complexity index is 1640. The molecule has 0 unspecified atom stereocenters. The van der Waals surface area contributed by atoms with Crippen LogP contribution in [0.3, 0.4) is 0 Å². The summed E-state index contributed by atoms with van der Waals surface area (Å²) in [4.78, 5) is 52.1. The number of carbonyl (C=O) groups is 3. The molecule has 0 spiro atoms. The summed E-state index contributed by atoms with van der Waals surface area (Å²) in [7, 11) is 0. The van der Waals surface area contributed by atoms with Gasteiger partial charge in [-0.05, 0) is 64.3 Å². The monoisotopic (exact) mass is 561 g/mol. The lowest BCUT2D eigenvalue weighted by Gasteiger charge is -2.15. The van der Waals surface area contributed by atoms with Gasteiger partial charge in [0.2, 0.25) is 11.2 Å². The number of fused-ring (bicyclic) bond motifs is 2. The molecule has 0 saturated heterocycles. The molecule has 1 aromatic heterocycles. The summed E-state index contributed by atoms with van der Waals surface area (Å²) in [5, 5.41) is 0.247. The molecule has 37 heavy (non-hydrogen) atoms. The molecule has 0 saturated carbocycles. The molecule has 1 aliphatic rings. The number of nitrogens with zero attached hydrogens (tertiary/aromatic N) is 1. The standard InChI is InChI=1S/C28H20BrNO7/c1-15(2)13-30-26(32)18-9-7-16(11-20(18)27(30)33)28(34)36-17-8-10-19-23(12-17)35-14-24(25(19)31)37-22-6-4-3-5-21(22)29/h3-12,14-15H,13H2,1-2H3. The van der Waals surface area contributed by atoms with Gasteiger partial charge in [0, 0.05) is 12.6 Å². The molecule has 0 atom stereocenters. The van der Waals surface area contributed by atoms with Gasteiger partial charge >= 0.3 is 5.97 Å². The van der Waals surface area contributed by atoms with Gasteiger partial charge in [-0.1, -0.05) is 26.0 Å². The van der Waals surface area contributed by atoms with Gasteiger partial charge in [-0.15, -0.1) is 0 Å². The average Bonchev–Trinajstić information content (AvgIpc) is 3.11. The first-order chi connectivity index (χ1) is 17.7. The number of ether oxygens (including phenoxy) is 2. The van der Waals surface area contributed by atoms with E-state index in [4.69, 9.17) is 13.9 Å². The fraction of sp³-hybridized carbons (Fsp3) is 0.143. The number of para-hydroxylation sites is 1. The van der Waals surface area contributed by atoms with Crippen LogP contribution in [0, 0.1) is 5.92 Å². The fourth-order valence-electron chi connectivity index (χ4n) is 3.99. The van der Waals surface area contributed by atoms with Crippen LogP contribution in [-0.2, 0) is 0 Å². The van der Waals surface area contributed by atoms with Crippen molar-refractivity contribution in [3.8, 4) is 17.2 Å². The summed E-state index contributed by atoms with van der Waals surface area (Å²) in [6, 6.07) is 15.7. The zero-order valence-electron chi connectivity index (χ0n) is 19.8. The Hall–Kier alpha value is -4.24. The maximum Gasteiger partial charge on any atom is 0.343 e. The van der Waals surface area contributed by atoms with Crippen molar-refractivity contribution >= 4 is 44.7 Å². The molecule has 0 N–H and O–H groups in total. The molecule has 1 aliphatic heterocycles. The van der Waals surface area contributed by atoms with Gasteiger partial charge in [0.1, 0.15) is 23.3 Å². The first kappa shape index (κ1) is 24.5. The predicted molar refractivity (Wildman–Crippen MR) is 138 cm³/mol. The van der Waals surface area contributed by atoms with Crippen molar-refractivity contribution in [2.45, 2.75) is 13.8 Å². The molecule has 9 heteroatoms. The van der Waals surface area contributed by atoms with Crippen LogP contribution in [-0.4, -0.2) is 29.2 Å². The third kappa shape index (κ3) is 4.65. The molecule has 0 bridgehead atoms. The maximum atomic E-state index is 12.9. The van der Waals surface area contributed by atoms with E-state index < -0.39 is 11.9 Å². The minimum absolute atomic E-state index is 0.00742. The zero-order chi connectivity index (χ0) is 26.3. The van der Waals surface area contributed by atoms with Crippen molar-refractivity contribution in [1.29, 1.82) is 0 Å². The summed E-state index contributed by atoms with van der Waals surface area (Å²) in [5.41, 5.74) is 0.360. The Morgan fingerprint density at radius 1 is 0.946 bits per heavy atom. The second-order valence-corrected chi connectivity index (χ2v) is 9.74. The van der Waals surface area contributed by atoms with E-state index in [1.807, 2.05) is 19.9 Å². The lowest BCUT2D eigenvalue weighted by Crippen LogP contribution is -2.33. The normalized spacial score (nSPS) is 12.8. The molecule has 3 aromatic carbocycles. The van der Waals surface area contributed by atoms with Crippen molar-refractivity contribution in [2.24, 2.45) is 5.92 Å². The van der Waals surface area contributed by atoms with Gasteiger partial charge in [0.05, 0.1) is 26.5 Å². The van der Waals surface area contributed by atoms with Gasteiger partial charge in [-0.2, -0.15) is 0 Å². The summed E-state index contributed by atoms with van der Waals surface area (Å²) in [5.74, 6) is -0.806. The van der Waals surface area contributed by atoms with E-state index >= 15 is 0 Å². The topological polar surface area (TPSA) is 103 Å². The Morgan fingerprint density at radius 2 is 1.70 bits per heavy atom. The number of carbonyl (C=O) groups excluding carboxylic acids is 3. The second kappa shape index (κ2) is 9.67. The maximum absolute atomic E-state index is 12.9. The van der Waals surface area contributed by atoms with E-state index in [2.05, 4.69) is 15.9 Å². The minimum atomic E-state index is -0.721. The number of hydrogen-bond acceptors (Lipinski definition) is 7. The molecule has 4 aromatic rings. The second-order valence-electron chi connectivity index (χ2n) is 8.88. The number of imide groups is 1. The van der Waals surface area contributed by atoms with Crippen LogP contribution < -0.4 is 14.9 Å². The number of halogens is 1. The summed E-state index contributed by atoms with van der Waals surface area (Å²) in [6.45, 7) is 4.12. The van der Waals surface area contributed by atoms with Crippen LogP contribution in [0.2, 0.25) is 0 Å². The summed E-state index contributed by atoms with van der Waals surface area (Å²) in [6.07, 6.45) is 1.20. The molecule has 2 heterocycles. The van der Waals surface area contributed by atoms with Crippen LogP contribution in [0.5, 0.6) is 17.2 Å². The lowest BCUT2D eigenvalue weighted by atomic mass is 10.1. The Balaban J connectivity index is 1.37. The zero-order valence-corrected chi connectivity index (χ0v) is 21.4. The molecule has 186 valence electrons. The van der Waals surface area contributed by atoms with E-state index in [1.165, 1.54) is 47.6 Å². The van der Waals surface area contributed by atoms with Gasteiger partial charge in [0.25, 0.3) is 11.8 Å². The highest BCUT2D eigenvalue weighted by atomic mass is 79.9.